The number of hydrogen-bond donors (Lipinski definition) is 1. The van der Waals surface area contributed by atoms with Gasteiger partial charge >= 0.3 is 29.8 Å². The van der Waals surface area contributed by atoms with E-state index < -0.39 is 204 Å². The van der Waals surface area contributed by atoms with E-state index in [1.807, 2.05) is 243 Å². The molecule has 20 atom stereocenters. The number of hydrogen-bond acceptors (Lipinski definition) is 27. The molecule has 8 aromatic rings. The summed E-state index contributed by atoms with van der Waals surface area (Å²) in [7, 11) is 0. The Morgan fingerprint density at radius 2 is 0.433 bits per heavy atom. The number of carbonyl (C=O) groups excluding carboxylic acids is 5. The molecule has 30 heteroatoms. The Kier molecular flexibility index (Phi) is 37.7. The van der Waals surface area contributed by atoms with Gasteiger partial charge in [0, 0.05) is 6.92 Å². The van der Waals surface area contributed by atoms with Crippen molar-refractivity contribution < 1.29 is 123 Å². The van der Waals surface area contributed by atoms with E-state index >= 15 is 9.59 Å². The quantitative estimate of drug-likeness (QED) is 0.0123. The summed E-state index contributed by atoms with van der Waals surface area (Å²) in [5.41, 5.74) is 1.21. The summed E-state index contributed by atoms with van der Waals surface area (Å²) in [5, 5.41) is 9.05. The first-order valence-corrected chi connectivity index (χ1v) is 46.1. The summed E-state index contributed by atoms with van der Waals surface area (Å²) in [5.74, 6) is -4.31. The monoisotopic (exact) mass is 1910 g/mol. The van der Waals surface area contributed by atoms with Gasteiger partial charge in [-0.2, -0.15) is 0 Å². The van der Waals surface area contributed by atoms with Crippen LogP contribution in [0.2, 0.25) is 0 Å². The molecule has 1 N–H and O–H groups in total. The van der Waals surface area contributed by atoms with E-state index in [0.717, 1.165) is 27.8 Å². The van der Waals surface area contributed by atoms with Crippen LogP contribution in [0.25, 0.3) is 0 Å². The average Bonchev–Trinajstić information content (AvgIpc) is 0.776. The molecule has 4 fully saturated rings. The minimum Gasteiger partial charge on any atom is -0.463 e. The molecule has 0 unspecified atom stereocenters. The van der Waals surface area contributed by atoms with Gasteiger partial charge in [-0.3, -0.25) is 29.4 Å². The molecule has 4 aliphatic heterocycles. The summed E-state index contributed by atoms with van der Waals surface area (Å²) in [6.45, 7) is 19.0. The first-order chi connectivity index (χ1) is 64.0. The number of nitrogens with one attached hydrogen (secondary N) is 1. The van der Waals surface area contributed by atoms with Crippen molar-refractivity contribution in [3.05, 3.63) is 287 Å². The molecule has 0 amide bonds. The highest BCUT2D eigenvalue weighted by Gasteiger charge is 2.59. The Hall–Kier alpha value is -9.15. The molecule has 722 valence electrons. The second-order valence-corrected chi connectivity index (χ2v) is 39.8. The van der Waals surface area contributed by atoms with Crippen LogP contribution in [0.4, 0.5) is 0 Å². The first-order valence-electron chi connectivity index (χ1n) is 45.0. The van der Waals surface area contributed by atoms with Crippen molar-refractivity contribution in [1.82, 2.24) is 0 Å². The topological polar surface area (TPSA) is 303 Å². The van der Waals surface area contributed by atoms with Crippen molar-refractivity contribution in [2.24, 2.45) is 21.7 Å². The van der Waals surface area contributed by atoms with Gasteiger partial charge in [0.15, 0.2) is 43.3 Å². The number of carbonyl (C=O) groups is 5. The lowest BCUT2D eigenvalue weighted by atomic mass is 9.94. The largest absolute Gasteiger partial charge is 0.463 e. The third-order valence-corrected chi connectivity index (χ3v) is 22.8. The van der Waals surface area contributed by atoms with Crippen LogP contribution in [0.3, 0.4) is 0 Å². The van der Waals surface area contributed by atoms with Crippen LogP contribution in [0.1, 0.15) is 135 Å². The average molecular weight is 1910 g/mol. The SMILES string of the molecule is CC(=O)OC[C@H]1O[C@@H](OC[C@H]2O[C@@H](OC[C@H]3O[C@@H](OC[C@H]4O[C@H](OC(=N)C(Cl)(Cl)Cl)[C@H](OC(=O)C(C)(C)C)[C@@H](OCc5ccccc5)[C@@H]4OCc4ccccc4)[C@H](OC(=O)C(C)(C)C)[C@@H](OCc4ccccc4)[C@@H]3OCc3ccccc3)[C@H](OC(=O)C(C)(C)C)[C@@H](OCc3ccccc3)[C@@H]2OCc2ccccc2)[C@H](OC(=O)C(C)(C)C)[C@@H](OCc2ccccc2)[C@@H]1OCc1ccccc1. The normalized spacial score (nSPS) is 25.8. The van der Waals surface area contributed by atoms with E-state index in [-0.39, 0.29) is 59.5 Å². The summed E-state index contributed by atoms with van der Waals surface area (Å²) in [4.78, 5) is 72.6. The standard InChI is InChI=1S/C104H124Cl3NO26/c1-66(109)114-62-75-79(115-54-67-38-22-14-23-39-67)83(119-58-71-46-30-18-31-47-71)87(130-96(110)100(2,3)4)91(126-75)123-63-76-80(116-55-68-40-24-15-25-41-68)84(120-59-72-48-32-19-33-49-72)88(131-97(111)101(5,6)7)92(127-76)124-64-77-81(117-56-69-42-26-16-27-43-69)85(121-60-73-50-34-20-35-51-73)89(132-98(112)102(8,9)10)93(128-77)125-65-78-82(118-57-70-44-28-17-29-45-70)86(122-61-74-52-36-21-37-53-74)90(133-99(113)103(11,12)13)94(129-78)134-95(108)104(105,106)107/h14-53,75-94,108H,54-65H2,1-13H3/t75-,76-,77-,78-,79-,80-,81-,82-,83+,84+,85+,86+,87-,88-,89-,90-,91-,92-,93-,94-/m1/s1. The zero-order valence-corrected chi connectivity index (χ0v) is 80.1. The van der Waals surface area contributed by atoms with Crippen LogP contribution in [-0.2, 0) is 176 Å². The molecule has 27 nitrogen and oxygen atoms in total. The van der Waals surface area contributed by atoms with Gasteiger partial charge in [0.2, 0.25) is 12.2 Å². The summed E-state index contributed by atoms with van der Waals surface area (Å²) in [6, 6.07) is 74.6. The fourth-order valence-electron chi connectivity index (χ4n) is 14.9. The third kappa shape index (κ3) is 30.4. The Bertz CT molecular complexity index is 4930. The van der Waals surface area contributed by atoms with Gasteiger partial charge in [0.05, 0.1) is 94.3 Å². The molecule has 0 saturated carbocycles. The van der Waals surface area contributed by atoms with E-state index in [4.69, 9.17) is 140 Å². The predicted molar refractivity (Wildman–Crippen MR) is 496 cm³/mol. The van der Waals surface area contributed by atoms with Crippen LogP contribution < -0.4 is 0 Å². The van der Waals surface area contributed by atoms with Crippen molar-refractivity contribution in [3.63, 3.8) is 0 Å². The Morgan fingerprint density at radius 3 is 0.619 bits per heavy atom. The van der Waals surface area contributed by atoms with Crippen molar-refractivity contribution >= 4 is 70.5 Å². The Balaban J connectivity index is 0.994. The molecule has 0 aliphatic carbocycles. The van der Waals surface area contributed by atoms with E-state index in [9.17, 15) is 14.4 Å². The zero-order valence-electron chi connectivity index (χ0n) is 77.9. The van der Waals surface area contributed by atoms with Crippen LogP contribution in [0.15, 0.2) is 243 Å². The lowest BCUT2D eigenvalue weighted by molar-refractivity contribution is -0.360. The molecule has 0 spiro atoms. The molecular weight excluding hydrogens is 1790 g/mol. The Labute approximate surface area is 799 Å². The molecule has 4 aliphatic rings. The van der Waals surface area contributed by atoms with Crippen LogP contribution in [0, 0.1) is 27.1 Å². The Morgan fingerprint density at radius 1 is 0.254 bits per heavy atom. The number of esters is 5. The maximum Gasteiger partial charge on any atom is 0.311 e. The van der Waals surface area contributed by atoms with Crippen molar-refractivity contribution in [1.29, 1.82) is 5.41 Å². The molecule has 4 heterocycles. The van der Waals surface area contributed by atoms with Crippen molar-refractivity contribution in [3.8, 4) is 0 Å². The number of alkyl halides is 3. The third-order valence-electron chi connectivity index (χ3n) is 22.3. The predicted octanol–water partition coefficient (Wildman–Crippen LogP) is 17.4. The van der Waals surface area contributed by atoms with Gasteiger partial charge in [0.1, 0.15) is 79.9 Å². The van der Waals surface area contributed by atoms with E-state index in [0.29, 0.717) is 16.7 Å². The summed E-state index contributed by atoms with van der Waals surface area (Å²) < 4.78 is 143. The maximum atomic E-state index is 15.2. The van der Waals surface area contributed by atoms with Gasteiger partial charge in [-0.1, -0.05) is 277 Å². The fourth-order valence-corrected chi connectivity index (χ4v) is 15.0. The summed E-state index contributed by atoms with van der Waals surface area (Å²) in [6.07, 6.45) is -28.5. The molecule has 0 bridgehead atoms. The minimum atomic E-state index is -2.48. The minimum absolute atomic E-state index is 0.0201. The van der Waals surface area contributed by atoms with Gasteiger partial charge in [-0.15, -0.1) is 0 Å². The smallest absolute Gasteiger partial charge is 0.311 e. The molecule has 12 rings (SSSR count). The second kappa shape index (κ2) is 48.7. The maximum absolute atomic E-state index is 15.2. The van der Waals surface area contributed by atoms with Gasteiger partial charge < -0.3 is 99.5 Å². The van der Waals surface area contributed by atoms with E-state index in [1.165, 1.54) is 6.92 Å². The number of ether oxygens (including phenoxy) is 21. The van der Waals surface area contributed by atoms with Crippen LogP contribution >= 0.6 is 34.8 Å². The van der Waals surface area contributed by atoms with Crippen LogP contribution in [0.5, 0.6) is 0 Å². The molecule has 134 heavy (non-hydrogen) atoms. The first kappa shape index (κ1) is 104. The lowest BCUT2D eigenvalue weighted by Gasteiger charge is -2.49. The molecule has 8 aromatic carbocycles. The molecule has 4 saturated heterocycles. The number of rotatable bonds is 40. The van der Waals surface area contributed by atoms with Crippen molar-refractivity contribution in [2.45, 2.75) is 269 Å². The molecule has 0 radical (unpaired) electrons. The highest BCUT2D eigenvalue weighted by atomic mass is 35.6. The summed E-state index contributed by atoms with van der Waals surface area (Å²) >= 11 is 19.3. The molecular formula is C104H124Cl3NO26. The lowest BCUT2D eigenvalue weighted by Crippen LogP contribution is -2.66. The molecule has 0 aromatic heterocycles. The van der Waals surface area contributed by atoms with Crippen LogP contribution in [-0.4, -0.2) is 189 Å². The van der Waals surface area contributed by atoms with Gasteiger partial charge in [-0.05, 0) is 128 Å². The van der Waals surface area contributed by atoms with E-state index in [2.05, 4.69) is 0 Å². The van der Waals surface area contributed by atoms with Crippen molar-refractivity contribution in [2.75, 3.05) is 26.4 Å². The highest BCUT2D eigenvalue weighted by Crippen LogP contribution is 2.42. The highest BCUT2D eigenvalue weighted by molar-refractivity contribution is 6.76. The number of halogens is 3. The van der Waals surface area contributed by atoms with Gasteiger partial charge in [-0.25, -0.2) is 0 Å². The number of benzene rings is 8. The van der Waals surface area contributed by atoms with Gasteiger partial charge in [0.25, 0.3) is 3.79 Å². The zero-order chi connectivity index (χ0) is 95.7. The second-order valence-electron chi connectivity index (χ2n) is 37.5. The van der Waals surface area contributed by atoms with E-state index in [1.54, 1.807) is 83.1 Å². The fraction of sp³-hybridized carbons (Fsp3) is 0.481.